The highest BCUT2D eigenvalue weighted by Crippen LogP contribution is 2.24. The van der Waals surface area contributed by atoms with Crippen molar-refractivity contribution in [3.8, 4) is 0 Å². The maximum atomic E-state index is 12.5. The van der Waals surface area contributed by atoms with Crippen molar-refractivity contribution >= 4 is 29.8 Å². The molecule has 2 aliphatic heterocycles. The third-order valence-corrected chi connectivity index (χ3v) is 5.31. The second-order valence-electron chi connectivity index (χ2n) is 6.64. The topological polar surface area (TPSA) is 32.3 Å². The molecule has 2 aliphatic rings. The molecule has 23 heavy (non-hydrogen) atoms. The molecule has 5 heteroatoms. The Kier molecular flexibility index (Phi) is 7.35. The summed E-state index contributed by atoms with van der Waals surface area (Å²) in [5.41, 5.74) is 0.807. The van der Waals surface area contributed by atoms with Crippen LogP contribution in [0.4, 0.5) is 0 Å². The molecule has 3 nitrogen and oxygen atoms in total. The lowest BCUT2D eigenvalue weighted by Crippen LogP contribution is -2.41. The number of benzene rings is 1. The highest BCUT2D eigenvalue weighted by molar-refractivity contribution is 6.30. The molecule has 2 fully saturated rings. The molecule has 2 heterocycles. The summed E-state index contributed by atoms with van der Waals surface area (Å²) in [6.45, 7) is 5.66. The van der Waals surface area contributed by atoms with E-state index in [9.17, 15) is 4.79 Å². The molecule has 2 saturated heterocycles. The molecule has 1 N–H and O–H groups in total. The van der Waals surface area contributed by atoms with Gasteiger partial charge in [0.05, 0.1) is 0 Å². The van der Waals surface area contributed by atoms with Gasteiger partial charge in [0.15, 0.2) is 5.78 Å². The summed E-state index contributed by atoms with van der Waals surface area (Å²) in [6.07, 6.45) is 4.58. The van der Waals surface area contributed by atoms with Gasteiger partial charge in [-0.15, -0.1) is 12.4 Å². The fourth-order valence-electron chi connectivity index (χ4n) is 3.66. The van der Waals surface area contributed by atoms with Crippen molar-refractivity contribution in [1.82, 2.24) is 10.2 Å². The quantitative estimate of drug-likeness (QED) is 0.835. The van der Waals surface area contributed by atoms with Gasteiger partial charge in [0.25, 0.3) is 0 Å². The van der Waals surface area contributed by atoms with Crippen molar-refractivity contribution in [3.05, 3.63) is 34.9 Å². The van der Waals surface area contributed by atoms with Crippen LogP contribution in [0.1, 0.15) is 36.0 Å². The number of Topliss-reactive ketones (excluding diaryl/α,β-unsaturated/α-hetero) is 1. The van der Waals surface area contributed by atoms with Gasteiger partial charge in [0, 0.05) is 23.0 Å². The zero-order valence-corrected chi connectivity index (χ0v) is 15.0. The van der Waals surface area contributed by atoms with Crippen LogP contribution in [0.3, 0.4) is 0 Å². The number of rotatable bonds is 4. The standard InChI is InChI=1S/C18H25ClN2O.ClH/c19-17-3-1-15(2-4-17)18(22)16-7-11-21(12-8-16)13-14-5-9-20-10-6-14;/h1-4,14,16,20H,5-13H2;1H. The van der Waals surface area contributed by atoms with Gasteiger partial charge in [-0.2, -0.15) is 0 Å². The van der Waals surface area contributed by atoms with E-state index in [4.69, 9.17) is 11.6 Å². The predicted octanol–water partition coefficient (Wildman–Crippen LogP) is 3.66. The number of halogens is 2. The summed E-state index contributed by atoms with van der Waals surface area (Å²) in [4.78, 5) is 15.1. The lowest BCUT2D eigenvalue weighted by molar-refractivity contribution is 0.0819. The fourth-order valence-corrected chi connectivity index (χ4v) is 3.78. The van der Waals surface area contributed by atoms with Crippen molar-refractivity contribution in [3.63, 3.8) is 0 Å². The number of carbonyl (C=O) groups excluding carboxylic acids is 1. The maximum absolute atomic E-state index is 12.5. The lowest BCUT2D eigenvalue weighted by atomic mass is 9.88. The number of ketones is 1. The van der Waals surface area contributed by atoms with E-state index in [1.807, 2.05) is 12.1 Å². The largest absolute Gasteiger partial charge is 0.317 e. The number of hydrogen-bond acceptors (Lipinski definition) is 3. The summed E-state index contributed by atoms with van der Waals surface area (Å²) in [5.74, 6) is 1.31. The Hall–Kier alpha value is -0.610. The van der Waals surface area contributed by atoms with Crippen molar-refractivity contribution in [2.45, 2.75) is 25.7 Å². The number of likely N-dealkylation sites (tertiary alicyclic amines) is 1. The fraction of sp³-hybridized carbons (Fsp3) is 0.611. The van der Waals surface area contributed by atoms with Crippen LogP contribution in [0.5, 0.6) is 0 Å². The normalized spacial score (nSPS) is 20.9. The Balaban J connectivity index is 0.00000192. The average Bonchev–Trinajstić information content (AvgIpc) is 2.57. The molecule has 1 aromatic carbocycles. The van der Waals surface area contributed by atoms with Gasteiger partial charge >= 0.3 is 0 Å². The van der Waals surface area contributed by atoms with Crippen LogP contribution in [0.25, 0.3) is 0 Å². The number of piperidine rings is 2. The van der Waals surface area contributed by atoms with Gasteiger partial charge in [-0.25, -0.2) is 0 Å². The predicted molar refractivity (Wildman–Crippen MR) is 97.8 cm³/mol. The van der Waals surface area contributed by atoms with Gasteiger partial charge in [-0.3, -0.25) is 4.79 Å². The molecule has 0 saturated carbocycles. The monoisotopic (exact) mass is 356 g/mol. The highest BCUT2D eigenvalue weighted by atomic mass is 35.5. The van der Waals surface area contributed by atoms with Crippen molar-refractivity contribution in [2.75, 3.05) is 32.7 Å². The van der Waals surface area contributed by atoms with Gasteiger partial charge in [0.2, 0.25) is 0 Å². The zero-order chi connectivity index (χ0) is 15.4. The molecule has 128 valence electrons. The first-order valence-corrected chi connectivity index (χ1v) is 8.83. The number of nitrogens with one attached hydrogen (secondary N) is 1. The maximum Gasteiger partial charge on any atom is 0.166 e. The van der Waals surface area contributed by atoms with Crippen LogP contribution in [-0.4, -0.2) is 43.4 Å². The summed E-state index contributed by atoms with van der Waals surface area (Å²) in [5, 5.41) is 4.11. The van der Waals surface area contributed by atoms with Crippen LogP contribution in [0, 0.1) is 11.8 Å². The third-order valence-electron chi connectivity index (χ3n) is 5.06. The second-order valence-corrected chi connectivity index (χ2v) is 7.08. The van der Waals surface area contributed by atoms with Crippen molar-refractivity contribution in [2.24, 2.45) is 11.8 Å². The molecular weight excluding hydrogens is 331 g/mol. The minimum atomic E-state index is 0. The van der Waals surface area contributed by atoms with Crippen molar-refractivity contribution < 1.29 is 4.79 Å². The molecule has 0 spiro atoms. The molecular formula is C18H26Cl2N2O. The molecule has 0 atom stereocenters. The summed E-state index contributed by atoms with van der Waals surface area (Å²) >= 11 is 5.89. The lowest BCUT2D eigenvalue weighted by Gasteiger charge is -2.35. The van der Waals surface area contributed by atoms with E-state index in [1.165, 1.54) is 19.4 Å². The summed E-state index contributed by atoms with van der Waals surface area (Å²) in [6, 6.07) is 7.32. The van der Waals surface area contributed by atoms with Crippen LogP contribution >= 0.6 is 24.0 Å². The summed E-state index contributed by atoms with van der Waals surface area (Å²) in [7, 11) is 0. The molecule has 3 rings (SSSR count). The first-order chi connectivity index (χ1) is 10.7. The highest BCUT2D eigenvalue weighted by Gasteiger charge is 2.27. The number of nitrogens with zero attached hydrogens (tertiary/aromatic N) is 1. The Bertz CT molecular complexity index is 492. The van der Waals surface area contributed by atoms with E-state index in [1.54, 1.807) is 12.1 Å². The van der Waals surface area contributed by atoms with Gasteiger partial charge in [0.1, 0.15) is 0 Å². The number of carbonyl (C=O) groups is 1. The first kappa shape index (κ1) is 18.7. The smallest absolute Gasteiger partial charge is 0.166 e. The molecule has 0 radical (unpaired) electrons. The van der Waals surface area contributed by atoms with Gasteiger partial charge in [-0.05, 0) is 82.0 Å². The Morgan fingerprint density at radius 3 is 2.30 bits per heavy atom. The molecule has 0 bridgehead atoms. The first-order valence-electron chi connectivity index (χ1n) is 8.45. The van der Waals surface area contributed by atoms with E-state index in [0.717, 1.165) is 50.5 Å². The van der Waals surface area contributed by atoms with Crippen LogP contribution in [0.2, 0.25) is 5.02 Å². The van der Waals surface area contributed by atoms with E-state index in [0.29, 0.717) is 5.02 Å². The molecule has 0 unspecified atom stereocenters. The Morgan fingerprint density at radius 1 is 1.09 bits per heavy atom. The van der Waals surface area contributed by atoms with Crippen molar-refractivity contribution in [1.29, 1.82) is 0 Å². The van der Waals surface area contributed by atoms with Crippen LogP contribution in [0.15, 0.2) is 24.3 Å². The van der Waals surface area contributed by atoms with Gasteiger partial charge in [-0.1, -0.05) is 11.6 Å². The van der Waals surface area contributed by atoms with Gasteiger partial charge < -0.3 is 10.2 Å². The number of hydrogen-bond donors (Lipinski definition) is 1. The van der Waals surface area contributed by atoms with E-state index >= 15 is 0 Å². The van der Waals surface area contributed by atoms with Crippen LogP contribution in [-0.2, 0) is 0 Å². The Labute approximate surface area is 150 Å². The summed E-state index contributed by atoms with van der Waals surface area (Å²) < 4.78 is 0. The molecule has 0 amide bonds. The van der Waals surface area contributed by atoms with E-state index in [2.05, 4.69) is 10.2 Å². The zero-order valence-electron chi connectivity index (χ0n) is 13.5. The van der Waals surface area contributed by atoms with Crippen LogP contribution < -0.4 is 5.32 Å². The SMILES string of the molecule is Cl.O=C(c1ccc(Cl)cc1)C1CCN(CC2CCNCC2)CC1. The van der Waals surface area contributed by atoms with E-state index < -0.39 is 0 Å². The molecule has 0 aromatic heterocycles. The minimum Gasteiger partial charge on any atom is -0.317 e. The second kappa shape index (κ2) is 9.03. The molecule has 0 aliphatic carbocycles. The average molecular weight is 357 g/mol. The van der Waals surface area contributed by atoms with E-state index in [-0.39, 0.29) is 24.1 Å². The Morgan fingerprint density at radius 2 is 1.70 bits per heavy atom. The molecule has 1 aromatic rings. The third kappa shape index (κ3) is 5.18. The minimum absolute atomic E-state index is 0.